The number of hydrogen-bond donors (Lipinski definition) is 2. The minimum atomic E-state index is -4.64. The fourth-order valence-electron chi connectivity index (χ4n) is 3.66. The van der Waals surface area contributed by atoms with Crippen LogP contribution in [0.4, 0.5) is 24.5 Å². The van der Waals surface area contributed by atoms with E-state index in [0.717, 1.165) is 30.3 Å². The highest BCUT2D eigenvalue weighted by molar-refractivity contribution is 7.92. The van der Waals surface area contributed by atoms with E-state index in [1.54, 1.807) is 0 Å². The van der Waals surface area contributed by atoms with E-state index in [-0.39, 0.29) is 58.1 Å². The van der Waals surface area contributed by atoms with Crippen molar-refractivity contribution >= 4 is 48.9 Å². The third-order valence-electron chi connectivity index (χ3n) is 5.65. The van der Waals surface area contributed by atoms with Crippen LogP contribution in [0, 0.1) is 0 Å². The predicted octanol–water partition coefficient (Wildman–Crippen LogP) is 4.43. The normalized spacial score (nSPS) is 15.1. The number of carbonyl (C=O) groups excluding carboxylic acids is 1. The van der Waals surface area contributed by atoms with Crippen LogP contribution >= 0.6 is 11.6 Å². The van der Waals surface area contributed by atoms with Crippen LogP contribution in [-0.4, -0.2) is 53.4 Å². The first-order valence-electron chi connectivity index (χ1n) is 11.3. The number of hydrogen-bond acceptors (Lipinski definition) is 6. The van der Waals surface area contributed by atoms with Crippen molar-refractivity contribution < 1.29 is 39.5 Å². The predicted molar refractivity (Wildman–Crippen MR) is 138 cm³/mol. The summed E-state index contributed by atoms with van der Waals surface area (Å²) in [5.74, 6) is -0.678. The van der Waals surface area contributed by atoms with E-state index < -0.39 is 37.7 Å². The van der Waals surface area contributed by atoms with E-state index in [1.165, 1.54) is 34.6 Å². The summed E-state index contributed by atoms with van der Waals surface area (Å²) in [6.45, 7) is 0.760. The zero-order valence-corrected chi connectivity index (χ0v) is 22.3. The van der Waals surface area contributed by atoms with Crippen molar-refractivity contribution in [1.29, 1.82) is 0 Å². The molecule has 1 aliphatic heterocycles. The number of halogens is 4. The Morgan fingerprint density at radius 3 is 2.21 bits per heavy atom. The van der Waals surface area contributed by atoms with Gasteiger partial charge >= 0.3 is 6.18 Å². The van der Waals surface area contributed by atoms with E-state index in [2.05, 4.69) is 10.0 Å². The average Bonchev–Trinajstić information content (AvgIpc) is 2.89. The van der Waals surface area contributed by atoms with Crippen LogP contribution in [-0.2, 0) is 31.0 Å². The first-order valence-corrected chi connectivity index (χ1v) is 14.6. The van der Waals surface area contributed by atoms with Gasteiger partial charge in [-0.1, -0.05) is 17.7 Å². The van der Waals surface area contributed by atoms with E-state index in [4.69, 9.17) is 16.3 Å². The number of nitrogens with zero attached hydrogens (tertiary/aromatic N) is 1. The lowest BCUT2D eigenvalue weighted by atomic mass is 10.2. The molecule has 0 aromatic heterocycles. The van der Waals surface area contributed by atoms with Gasteiger partial charge in [-0.2, -0.15) is 17.5 Å². The molecule has 0 aliphatic carbocycles. The fraction of sp³-hybridized carbons (Fsp3) is 0.208. The Bertz CT molecular complexity index is 1590. The van der Waals surface area contributed by atoms with Gasteiger partial charge in [0, 0.05) is 30.0 Å². The Hall–Kier alpha value is -3.17. The highest BCUT2D eigenvalue weighted by atomic mass is 35.5. The van der Waals surface area contributed by atoms with Gasteiger partial charge in [-0.15, -0.1) is 0 Å². The molecule has 0 bridgehead atoms. The van der Waals surface area contributed by atoms with Crippen LogP contribution < -0.4 is 10.0 Å². The summed E-state index contributed by atoms with van der Waals surface area (Å²) in [5, 5.41) is 2.48. The molecule has 1 aliphatic rings. The van der Waals surface area contributed by atoms with E-state index >= 15 is 0 Å². The molecular weight excluding hydrogens is 583 g/mol. The van der Waals surface area contributed by atoms with Crippen LogP contribution in [0.5, 0.6) is 0 Å². The third-order valence-corrected chi connectivity index (χ3v) is 9.42. The second-order valence-corrected chi connectivity index (χ2v) is 12.3. The molecule has 4 rings (SSSR count). The largest absolute Gasteiger partial charge is 0.416 e. The molecule has 0 radical (unpaired) electrons. The van der Waals surface area contributed by atoms with Crippen molar-refractivity contribution in [3.05, 3.63) is 82.9 Å². The number of amides is 1. The highest BCUT2D eigenvalue weighted by Gasteiger charge is 2.31. The summed E-state index contributed by atoms with van der Waals surface area (Å²) in [7, 11) is -8.21. The van der Waals surface area contributed by atoms with Gasteiger partial charge < -0.3 is 10.1 Å². The number of benzene rings is 3. The van der Waals surface area contributed by atoms with E-state index in [9.17, 15) is 34.8 Å². The number of ether oxygens (including phenoxy) is 1. The van der Waals surface area contributed by atoms with Crippen molar-refractivity contribution in [3.63, 3.8) is 0 Å². The molecule has 3 aromatic rings. The van der Waals surface area contributed by atoms with Gasteiger partial charge in [-0.3, -0.25) is 9.52 Å². The van der Waals surface area contributed by atoms with Crippen molar-refractivity contribution in [2.75, 3.05) is 36.3 Å². The van der Waals surface area contributed by atoms with Crippen molar-refractivity contribution in [3.8, 4) is 0 Å². The lowest BCUT2D eigenvalue weighted by Gasteiger charge is -2.26. The smallest absolute Gasteiger partial charge is 0.379 e. The number of nitrogens with one attached hydrogen (secondary N) is 2. The van der Waals surface area contributed by atoms with Crippen LogP contribution in [0.15, 0.2) is 76.5 Å². The molecular formula is C24H21ClF3N3O6S2. The van der Waals surface area contributed by atoms with Gasteiger partial charge in [-0.05, 0) is 60.7 Å². The molecule has 0 unspecified atom stereocenters. The van der Waals surface area contributed by atoms with Gasteiger partial charge in [0.15, 0.2) is 0 Å². The zero-order chi connectivity index (χ0) is 28.4. The standard InChI is InChI=1S/C24H21ClF3N3O6S2/c25-21-9-4-16(14-22(21)39(35,36)31-10-12-37-13-11-31)23(32)29-18-5-7-20(8-6-18)38(33,34)30-19-3-1-2-17(15-19)24(26,27)28/h1-9,14-15,30H,10-13H2,(H,29,32). The topological polar surface area (TPSA) is 122 Å². The number of sulfonamides is 2. The summed E-state index contributed by atoms with van der Waals surface area (Å²) < 4.78 is 98.6. The Morgan fingerprint density at radius 1 is 0.897 bits per heavy atom. The summed E-state index contributed by atoms with van der Waals surface area (Å²) in [6, 6.07) is 12.4. The maximum Gasteiger partial charge on any atom is 0.416 e. The van der Waals surface area contributed by atoms with E-state index in [0.29, 0.717) is 6.07 Å². The molecule has 208 valence electrons. The number of anilines is 2. The maximum atomic E-state index is 13.0. The summed E-state index contributed by atoms with van der Waals surface area (Å²) in [4.78, 5) is 12.3. The molecule has 15 heteroatoms. The second-order valence-electron chi connectivity index (χ2n) is 8.32. The SMILES string of the molecule is O=C(Nc1ccc(S(=O)(=O)Nc2cccc(C(F)(F)F)c2)cc1)c1ccc(Cl)c(S(=O)(=O)N2CCOCC2)c1. The summed E-state index contributed by atoms with van der Waals surface area (Å²) in [5.41, 5.74) is -1.10. The average molecular weight is 604 g/mol. The van der Waals surface area contributed by atoms with Crippen molar-refractivity contribution in [2.24, 2.45) is 0 Å². The van der Waals surface area contributed by atoms with Gasteiger partial charge in [0.2, 0.25) is 10.0 Å². The van der Waals surface area contributed by atoms with Gasteiger partial charge in [0.25, 0.3) is 15.9 Å². The van der Waals surface area contributed by atoms with Gasteiger partial charge in [0.1, 0.15) is 4.90 Å². The Morgan fingerprint density at radius 2 is 1.56 bits per heavy atom. The summed E-state index contributed by atoms with van der Waals surface area (Å²) >= 11 is 6.13. The van der Waals surface area contributed by atoms with E-state index in [1.807, 2.05) is 0 Å². The summed E-state index contributed by atoms with van der Waals surface area (Å²) in [6.07, 6.45) is -4.64. The van der Waals surface area contributed by atoms with Crippen molar-refractivity contribution in [1.82, 2.24) is 4.31 Å². The lowest BCUT2D eigenvalue weighted by molar-refractivity contribution is -0.137. The number of rotatable bonds is 7. The minimum absolute atomic E-state index is 0.00542. The van der Waals surface area contributed by atoms with Crippen LogP contribution in [0.2, 0.25) is 5.02 Å². The van der Waals surface area contributed by atoms with Gasteiger partial charge in [-0.25, -0.2) is 16.8 Å². The molecule has 9 nitrogen and oxygen atoms in total. The molecule has 1 amide bonds. The molecule has 39 heavy (non-hydrogen) atoms. The minimum Gasteiger partial charge on any atom is -0.379 e. The number of morpholine rings is 1. The quantitative estimate of drug-likeness (QED) is 0.412. The fourth-order valence-corrected chi connectivity index (χ4v) is 6.62. The Kier molecular flexibility index (Phi) is 8.23. The zero-order valence-electron chi connectivity index (χ0n) is 19.9. The second kappa shape index (κ2) is 11.1. The molecule has 2 N–H and O–H groups in total. The highest BCUT2D eigenvalue weighted by Crippen LogP contribution is 2.31. The maximum absolute atomic E-state index is 13.0. The Balaban J connectivity index is 1.49. The van der Waals surface area contributed by atoms with Crippen molar-refractivity contribution in [2.45, 2.75) is 16.0 Å². The molecule has 0 saturated carbocycles. The van der Waals surface area contributed by atoms with Crippen LogP contribution in [0.3, 0.4) is 0 Å². The monoisotopic (exact) mass is 603 g/mol. The molecule has 0 spiro atoms. The third kappa shape index (κ3) is 6.70. The van der Waals surface area contributed by atoms with Crippen LogP contribution in [0.1, 0.15) is 15.9 Å². The molecule has 1 fully saturated rings. The first-order chi connectivity index (χ1) is 18.3. The molecule has 1 saturated heterocycles. The molecule has 0 atom stereocenters. The first kappa shape index (κ1) is 28.8. The lowest BCUT2D eigenvalue weighted by Crippen LogP contribution is -2.40. The molecule has 1 heterocycles. The van der Waals surface area contributed by atoms with Crippen LogP contribution in [0.25, 0.3) is 0 Å². The Labute approximate surface area is 227 Å². The number of alkyl halides is 3. The van der Waals surface area contributed by atoms with Gasteiger partial charge in [0.05, 0.1) is 28.7 Å². The molecule has 3 aromatic carbocycles. The number of carbonyl (C=O) groups is 1.